The topological polar surface area (TPSA) is 26.0 Å². The van der Waals surface area contributed by atoms with Crippen molar-refractivity contribution in [3.05, 3.63) is 152 Å². The van der Waals surface area contributed by atoms with Crippen molar-refractivity contribution >= 4 is 82.6 Å². The van der Waals surface area contributed by atoms with Crippen molar-refractivity contribution in [1.29, 1.82) is 0 Å². The molecule has 1 aliphatic carbocycles. The van der Waals surface area contributed by atoms with Gasteiger partial charge in [-0.25, -0.2) is 0 Å². The smallest absolute Gasteiger partial charge is 0.235 e. The van der Waals surface area contributed by atoms with Crippen molar-refractivity contribution in [2.24, 2.45) is 0 Å². The highest BCUT2D eigenvalue weighted by atomic mass is 16.3. The van der Waals surface area contributed by atoms with Gasteiger partial charge in [-0.2, -0.15) is 4.58 Å². The summed E-state index contributed by atoms with van der Waals surface area (Å²) in [6, 6.07) is 46.0. The minimum Gasteiger partial charge on any atom is -0.454 e. The van der Waals surface area contributed by atoms with E-state index in [0.29, 0.717) is 0 Å². The Morgan fingerprint density at radius 2 is 1.22 bits per heavy atom. The van der Waals surface area contributed by atoms with Crippen molar-refractivity contribution in [3.63, 3.8) is 0 Å². The summed E-state index contributed by atoms with van der Waals surface area (Å²) < 4.78 is 13.9. The molecule has 214 valence electrons. The van der Waals surface area contributed by atoms with Gasteiger partial charge in [-0.1, -0.05) is 91.0 Å². The molecule has 0 saturated heterocycles. The maximum absolute atomic E-state index is 6.61. The van der Waals surface area contributed by atoms with E-state index in [2.05, 4.69) is 159 Å². The number of furan rings is 1. The molecule has 0 saturated carbocycles. The molecular weight excluding hydrogens is 562 g/mol. The van der Waals surface area contributed by atoms with Gasteiger partial charge in [0.1, 0.15) is 17.1 Å². The molecule has 2 aliphatic rings. The summed E-state index contributed by atoms with van der Waals surface area (Å²) in [5, 5.41) is 7.31. The molecule has 4 nitrogen and oxygen atoms in total. The highest BCUT2D eigenvalue weighted by Crippen LogP contribution is 2.46. The van der Waals surface area contributed by atoms with Crippen LogP contribution in [0.15, 0.2) is 156 Å². The molecule has 0 N–H and O–H groups in total. The molecule has 1 aliphatic heterocycles. The van der Waals surface area contributed by atoms with Crippen LogP contribution in [0.1, 0.15) is 6.04 Å². The molecule has 4 heteroatoms. The summed E-state index contributed by atoms with van der Waals surface area (Å²) >= 11 is 0. The largest absolute Gasteiger partial charge is 0.454 e. The summed E-state index contributed by atoms with van der Waals surface area (Å²) in [5.74, 6) is 0. The average molecular weight is 589 g/mol. The van der Waals surface area contributed by atoms with Gasteiger partial charge in [0.05, 0.1) is 16.6 Å². The summed E-state index contributed by atoms with van der Waals surface area (Å²) in [7, 11) is 0. The SMILES string of the molecule is C1=CC2=[N+](c3ccc(-n4c5ccccc5c5ccccc54)cc3)c3cccc4c5ccc6c7ccccc7oc6c5n(c34)C2C=C1. The Bertz CT molecular complexity index is 2800. The number of para-hydroxylation sites is 4. The highest BCUT2D eigenvalue weighted by Gasteiger charge is 2.38. The number of hydrogen-bond donors (Lipinski definition) is 0. The monoisotopic (exact) mass is 588 g/mol. The Hall–Kier alpha value is -6.13. The second kappa shape index (κ2) is 8.74. The van der Waals surface area contributed by atoms with Crippen LogP contribution in [0.2, 0.25) is 0 Å². The van der Waals surface area contributed by atoms with E-state index < -0.39 is 0 Å². The highest BCUT2D eigenvalue weighted by molar-refractivity contribution is 6.24. The van der Waals surface area contributed by atoms with Crippen molar-refractivity contribution in [2.75, 3.05) is 0 Å². The van der Waals surface area contributed by atoms with E-state index in [0.717, 1.165) is 38.8 Å². The maximum atomic E-state index is 6.61. The van der Waals surface area contributed by atoms with Crippen molar-refractivity contribution < 1.29 is 4.42 Å². The Kier molecular flexibility index (Phi) is 4.60. The summed E-state index contributed by atoms with van der Waals surface area (Å²) in [6.07, 6.45) is 8.89. The lowest BCUT2D eigenvalue weighted by atomic mass is 10.0. The number of rotatable bonds is 2. The summed E-state index contributed by atoms with van der Waals surface area (Å²) in [4.78, 5) is 0. The molecule has 1 unspecified atom stereocenters. The zero-order valence-corrected chi connectivity index (χ0v) is 24.8. The number of allylic oxidation sites excluding steroid dienone is 4. The molecule has 0 amide bonds. The van der Waals surface area contributed by atoms with Crippen LogP contribution in [0.3, 0.4) is 0 Å². The molecule has 1 atom stereocenters. The fraction of sp³-hybridized carbons (Fsp3) is 0.0238. The fourth-order valence-corrected chi connectivity index (χ4v) is 8.13. The zero-order chi connectivity index (χ0) is 29.9. The quantitative estimate of drug-likeness (QED) is 0.185. The minimum atomic E-state index is 0.0238. The molecule has 0 radical (unpaired) electrons. The van der Waals surface area contributed by atoms with Crippen LogP contribution in [-0.4, -0.2) is 14.8 Å². The number of fused-ring (bicyclic) bond motifs is 12. The number of aromatic nitrogens is 2. The van der Waals surface area contributed by atoms with Crippen LogP contribution in [-0.2, 0) is 0 Å². The average Bonchev–Trinajstić information content (AvgIpc) is 3.78. The van der Waals surface area contributed by atoms with Gasteiger partial charge in [0.25, 0.3) is 0 Å². The van der Waals surface area contributed by atoms with Gasteiger partial charge >= 0.3 is 0 Å². The first kappa shape index (κ1) is 24.2. The van der Waals surface area contributed by atoms with E-state index in [1.807, 2.05) is 6.07 Å². The van der Waals surface area contributed by atoms with Gasteiger partial charge in [-0.3, -0.25) is 0 Å². The lowest BCUT2D eigenvalue weighted by Crippen LogP contribution is -2.30. The van der Waals surface area contributed by atoms with Gasteiger partial charge in [0.2, 0.25) is 17.1 Å². The third-order valence-electron chi connectivity index (χ3n) is 10.0. The molecular formula is C42H26N3O+. The van der Waals surface area contributed by atoms with Gasteiger partial charge < -0.3 is 13.6 Å². The third kappa shape index (κ3) is 3.01. The van der Waals surface area contributed by atoms with E-state index in [-0.39, 0.29) is 6.04 Å². The van der Waals surface area contributed by atoms with Crippen molar-refractivity contribution in [3.8, 4) is 5.69 Å². The Balaban J connectivity index is 1.16. The second-order valence-electron chi connectivity index (χ2n) is 12.3. The normalized spacial score (nSPS) is 15.8. The molecule has 9 aromatic rings. The third-order valence-corrected chi connectivity index (χ3v) is 10.0. The maximum Gasteiger partial charge on any atom is 0.235 e. The van der Waals surface area contributed by atoms with Crippen LogP contribution < -0.4 is 4.58 Å². The first-order valence-electron chi connectivity index (χ1n) is 15.8. The van der Waals surface area contributed by atoms with E-state index in [9.17, 15) is 0 Å². The number of hydrogen-bond acceptors (Lipinski definition) is 1. The molecule has 11 rings (SSSR count). The molecule has 4 heterocycles. The standard InChI is InChI=1S/C42H26N3O/c1-4-14-34-28(10-1)29-11-2-5-15-35(29)43(34)26-20-22-27(23-21-26)44-36-16-6-7-17-37(36)45-40-31(13-9-18-38(40)44)32-24-25-33-30-12-3-8-19-39(30)46-42(33)41(32)45/h1-25,37H/q+1. The molecule has 6 aromatic carbocycles. The lowest BCUT2D eigenvalue weighted by Gasteiger charge is -2.24. The summed E-state index contributed by atoms with van der Waals surface area (Å²) in [5.41, 5.74) is 11.4. The van der Waals surface area contributed by atoms with Crippen molar-refractivity contribution in [1.82, 2.24) is 13.7 Å². The Labute approximate surface area is 263 Å². The van der Waals surface area contributed by atoms with Gasteiger partial charge in [-0.15, -0.1) is 0 Å². The zero-order valence-electron chi connectivity index (χ0n) is 24.8. The minimum absolute atomic E-state index is 0.0238. The van der Waals surface area contributed by atoms with Crippen LogP contribution >= 0.6 is 0 Å². The Morgan fingerprint density at radius 1 is 0.543 bits per heavy atom. The first-order valence-corrected chi connectivity index (χ1v) is 15.8. The van der Waals surface area contributed by atoms with Crippen LogP contribution in [0.25, 0.3) is 71.2 Å². The van der Waals surface area contributed by atoms with Crippen LogP contribution in [0.4, 0.5) is 11.4 Å². The predicted octanol–water partition coefficient (Wildman–Crippen LogP) is 10.7. The second-order valence-corrected chi connectivity index (χ2v) is 12.3. The number of nitrogens with zero attached hydrogens (tertiary/aromatic N) is 3. The number of benzene rings is 6. The van der Waals surface area contributed by atoms with Crippen LogP contribution in [0, 0.1) is 0 Å². The van der Waals surface area contributed by atoms with E-state index in [4.69, 9.17) is 4.42 Å². The molecule has 0 fully saturated rings. The van der Waals surface area contributed by atoms with E-state index >= 15 is 0 Å². The fourth-order valence-electron chi connectivity index (χ4n) is 8.13. The van der Waals surface area contributed by atoms with Crippen molar-refractivity contribution in [2.45, 2.75) is 6.04 Å². The molecule has 0 spiro atoms. The molecule has 3 aromatic heterocycles. The Morgan fingerprint density at radius 3 is 2.02 bits per heavy atom. The summed E-state index contributed by atoms with van der Waals surface area (Å²) in [6.45, 7) is 0. The van der Waals surface area contributed by atoms with Gasteiger partial charge in [-0.05, 0) is 36.4 Å². The van der Waals surface area contributed by atoms with Crippen LogP contribution in [0.5, 0.6) is 0 Å². The first-order chi connectivity index (χ1) is 22.8. The lowest BCUT2D eigenvalue weighted by molar-refractivity contribution is 0.667. The van der Waals surface area contributed by atoms with E-state index in [1.54, 1.807) is 0 Å². The predicted molar refractivity (Wildman–Crippen MR) is 191 cm³/mol. The molecule has 46 heavy (non-hydrogen) atoms. The van der Waals surface area contributed by atoms with E-state index in [1.165, 1.54) is 49.5 Å². The van der Waals surface area contributed by atoms with Gasteiger partial charge in [0, 0.05) is 62.3 Å². The molecule has 0 bridgehead atoms. The van der Waals surface area contributed by atoms with Gasteiger partial charge in [0.15, 0.2) is 5.58 Å².